The molecule has 1 heterocycles. The Labute approximate surface area is 67.4 Å². The lowest BCUT2D eigenvalue weighted by atomic mass is 10.1. The number of benzene rings is 1. The minimum absolute atomic E-state index is 0.617. The SMILES string of the molecule is Cc1cccc2c1NC(C)C2. The molecule has 11 heavy (non-hydrogen) atoms. The van der Waals surface area contributed by atoms with E-state index in [0.717, 1.165) is 0 Å². The fraction of sp³-hybridized carbons (Fsp3) is 0.400. The normalized spacial score (nSPS) is 21.1. The van der Waals surface area contributed by atoms with Crippen LogP contribution < -0.4 is 5.32 Å². The van der Waals surface area contributed by atoms with Gasteiger partial charge in [0.25, 0.3) is 0 Å². The predicted molar refractivity (Wildman–Crippen MR) is 48.0 cm³/mol. The molecule has 1 aromatic carbocycles. The highest BCUT2D eigenvalue weighted by atomic mass is 14.9. The molecule has 0 bridgehead atoms. The molecule has 0 aliphatic carbocycles. The van der Waals surface area contributed by atoms with Gasteiger partial charge in [-0.25, -0.2) is 0 Å². The van der Waals surface area contributed by atoms with E-state index in [1.807, 2.05) is 0 Å². The summed E-state index contributed by atoms with van der Waals surface area (Å²) in [7, 11) is 0. The lowest BCUT2D eigenvalue weighted by Gasteiger charge is -2.04. The summed E-state index contributed by atoms with van der Waals surface area (Å²) in [6.07, 6.45) is 1.18. The van der Waals surface area contributed by atoms with Crippen molar-refractivity contribution < 1.29 is 0 Å². The van der Waals surface area contributed by atoms with Crippen molar-refractivity contribution in [3.8, 4) is 0 Å². The van der Waals surface area contributed by atoms with Gasteiger partial charge in [0.1, 0.15) is 0 Å². The quantitative estimate of drug-likeness (QED) is 0.594. The smallest absolute Gasteiger partial charge is 0.0405 e. The average molecular weight is 147 g/mol. The van der Waals surface area contributed by atoms with Gasteiger partial charge in [-0.15, -0.1) is 0 Å². The second-order valence-corrected chi connectivity index (χ2v) is 3.36. The van der Waals surface area contributed by atoms with Crippen LogP contribution in [0.4, 0.5) is 5.69 Å². The molecule has 1 unspecified atom stereocenters. The topological polar surface area (TPSA) is 12.0 Å². The maximum absolute atomic E-state index is 3.47. The molecule has 1 aromatic rings. The zero-order valence-corrected chi connectivity index (χ0v) is 7.02. The Balaban J connectivity index is 2.49. The summed E-state index contributed by atoms with van der Waals surface area (Å²) in [6.45, 7) is 4.38. The minimum Gasteiger partial charge on any atom is -0.382 e. The summed E-state index contributed by atoms with van der Waals surface area (Å²) in [5, 5.41) is 3.47. The van der Waals surface area contributed by atoms with Crippen LogP contribution in [0.1, 0.15) is 18.1 Å². The third-order valence-corrected chi connectivity index (χ3v) is 2.28. The fourth-order valence-corrected chi connectivity index (χ4v) is 1.73. The third-order valence-electron chi connectivity index (χ3n) is 2.28. The molecule has 1 nitrogen and oxygen atoms in total. The van der Waals surface area contributed by atoms with Crippen molar-refractivity contribution >= 4 is 5.69 Å². The number of para-hydroxylation sites is 1. The van der Waals surface area contributed by atoms with Gasteiger partial charge < -0.3 is 5.32 Å². The Hall–Kier alpha value is -0.980. The van der Waals surface area contributed by atoms with Gasteiger partial charge in [0, 0.05) is 11.7 Å². The first-order chi connectivity index (χ1) is 5.27. The monoisotopic (exact) mass is 147 g/mol. The van der Waals surface area contributed by atoms with Crippen LogP contribution in [0, 0.1) is 6.92 Å². The highest BCUT2D eigenvalue weighted by Crippen LogP contribution is 2.28. The van der Waals surface area contributed by atoms with Crippen LogP contribution in [0.5, 0.6) is 0 Å². The standard InChI is InChI=1S/C10H13N/c1-7-4-3-5-9-6-8(2)11-10(7)9/h3-5,8,11H,6H2,1-2H3. The lowest BCUT2D eigenvalue weighted by Crippen LogP contribution is -2.08. The first-order valence-electron chi connectivity index (χ1n) is 4.12. The van der Waals surface area contributed by atoms with Crippen LogP contribution in [-0.4, -0.2) is 6.04 Å². The third kappa shape index (κ3) is 1.01. The highest BCUT2D eigenvalue weighted by molar-refractivity contribution is 5.61. The number of nitrogens with one attached hydrogen (secondary N) is 1. The second kappa shape index (κ2) is 2.26. The van der Waals surface area contributed by atoms with Gasteiger partial charge in [-0.05, 0) is 31.4 Å². The van der Waals surface area contributed by atoms with Crippen LogP contribution in [0.25, 0.3) is 0 Å². The molecule has 0 aromatic heterocycles. The van der Waals surface area contributed by atoms with E-state index in [1.165, 1.54) is 23.2 Å². The Kier molecular flexibility index (Phi) is 1.38. The number of aryl methyl sites for hydroxylation is 1. The van der Waals surface area contributed by atoms with E-state index in [1.54, 1.807) is 0 Å². The highest BCUT2D eigenvalue weighted by Gasteiger charge is 2.16. The van der Waals surface area contributed by atoms with Crippen molar-refractivity contribution in [3.05, 3.63) is 29.3 Å². The first kappa shape index (κ1) is 6.71. The molecule has 1 aliphatic rings. The molecule has 0 saturated heterocycles. The molecular weight excluding hydrogens is 134 g/mol. The zero-order chi connectivity index (χ0) is 7.84. The Morgan fingerprint density at radius 1 is 1.45 bits per heavy atom. The van der Waals surface area contributed by atoms with Crippen molar-refractivity contribution in [2.75, 3.05) is 5.32 Å². The number of fused-ring (bicyclic) bond motifs is 1. The van der Waals surface area contributed by atoms with Crippen LogP contribution in [0.15, 0.2) is 18.2 Å². The van der Waals surface area contributed by atoms with Crippen LogP contribution in [-0.2, 0) is 6.42 Å². The van der Waals surface area contributed by atoms with Gasteiger partial charge in [-0.2, -0.15) is 0 Å². The summed E-state index contributed by atoms with van der Waals surface area (Å²) in [6, 6.07) is 7.11. The summed E-state index contributed by atoms with van der Waals surface area (Å²) >= 11 is 0. The van der Waals surface area contributed by atoms with Crippen molar-refractivity contribution in [2.24, 2.45) is 0 Å². The Morgan fingerprint density at radius 2 is 2.27 bits per heavy atom. The molecule has 2 rings (SSSR count). The van der Waals surface area contributed by atoms with E-state index in [4.69, 9.17) is 0 Å². The number of hydrogen-bond donors (Lipinski definition) is 1. The van der Waals surface area contributed by atoms with Gasteiger partial charge in [0.2, 0.25) is 0 Å². The summed E-state index contributed by atoms with van der Waals surface area (Å²) in [5.41, 5.74) is 4.20. The van der Waals surface area contributed by atoms with Crippen LogP contribution in [0.3, 0.4) is 0 Å². The van der Waals surface area contributed by atoms with Crippen molar-refractivity contribution in [3.63, 3.8) is 0 Å². The zero-order valence-electron chi connectivity index (χ0n) is 7.02. The summed E-state index contributed by atoms with van der Waals surface area (Å²) in [5.74, 6) is 0. The van der Waals surface area contributed by atoms with Crippen molar-refractivity contribution in [1.82, 2.24) is 0 Å². The number of anilines is 1. The van der Waals surface area contributed by atoms with Gasteiger partial charge >= 0.3 is 0 Å². The molecule has 0 radical (unpaired) electrons. The molecule has 1 aliphatic heterocycles. The molecule has 0 amide bonds. The molecule has 0 spiro atoms. The fourth-order valence-electron chi connectivity index (χ4n) is 1.73. The Morgan fingerprint density at radius 3 is 3.00 bits per heavy atom. The van der Waals surface area contributed by atoms with E-state index in [9.17, 15) is 0 Å². The number of rotatable bonds is 0. The maximum Gasteiger partial charge on any atom is 0.0405 e. The molecule has 1 atom stereocenters. The molecule has 1 heteroatoms. The van der Waals surface area contributed by atoms with Crippen LogP contribution in [0.2, 0.25) is 0 Å². The van der Waals surface area contributed by atoms with E-state index >= 15 is 0 Å². The van der Waals surface area contributed by atoms with E-state index in [0.29, 0.717) is 6.04 Å². The maximum atomic E-state index is 3.47. The van der Waals surface area contributed by atoms with Gasteiger partial charge in [0.15, 0.2) is 0 Å². The molecule has 0 saturated carbocycles. The average Bonchev–Trinajstić information content (AvgIpc) is 2.31. The van der Waals surface area contributed by atoms with E-state index < -0.39 is 0 Å². The minimum atomic E-state index is 0.617. The largest absolute Gasteiger partial charge is 0.382 e. The summed E-state index contributed by atoms with van der Waals surface area (Å²) in [4.78, 5) is 0. The molecule has 58 valence electrons. The van der Waals surface area contributed by atoms with Gasteiger partial charge in [0.05, 0.1) is 0 Å². The first-order valence-corrected chi connectivity index (χ1v) is 4.12. The van der Waals surface area contributed by atoms with Gasteiger partial charge in [-0.1, -0.05) is 18.2 Å². The van der Waals surface area contributed by atoms with E-state index in [2.05, 4.69) is 37.4 Å². The second-order valence-electron chi connectivity index (χ2n) is 3.36. The van der Waals surface area contributed by atoms with Gasteiger partial charge in [-0.3, -0.25) is 0 Å². The predicted octanol–water partition coefficient (Wildman–Crippen LogP) is 2.35. The van der Waals surface area contributed by atoms with E-state index in [-0.39, 0.29) is 0 Å². The molecule has 1 N–H and O–H groups in total. The number of hydrogen-bond acceptors (Lipinski definition) is 1. The molecular formula is C10H13N. The lowest BCUT2D eigenvalue weighted by molar-refractivity contribution is 0.839. The van der Waals surface area contributed by atoms with Crippen molar-refractivity contribution in [1.29, 1.82) is 0 Å². The summed E-state index contributed by atoms with van der Waals surface area (Å²) < 4.78 is 0. The van der Waals surface area contributed by atoms with Crippen LogP contribution >= 0.6 is 0 Å². The Bertz CT molecular complexity index is 278. The van der Waals surface area contributed by atoms with Crippen molar-refractivity contribution in [2.45, 2.75) is 26.3 Å². The molecule has 0 fully saturated rings.